The summed E-state index contributed by atoms with van der Waals surface area (Å²) < 4.78 is 47.1. The first-order valence-corrected chi connectivity index (χ1v) is 10.5. The molecule has 0 atom stereocenters. The zero-order chi connectivity index (χ0) is 16.4. The van der Waals surface area contributed by atoms with E-state index in [2.05, 4.69) is 0 Å². The Labute approximate surface area is 128 Å². The van der Waals surface area contributed by atoms with Crippen molar-refractivity contribution in [2.24, 2.45) is 0 Å². The Balaban J connectivity index is 5.82. The Morgan fingerprint density at radius 1 is 0.762 bits per heavy atom. The van der Waals surface area contributed by atoms with E-state index in [9.17, 15) is 9.13 Å². The fraction of sp³-hybridized carbons (Fsp3) is 0.846. The maximum atomic E-state index is 13.0. The summed E-state index contributed by atoms with van der Waals surface area (Å²) in [4.78, 5) is 0. The van der Waals surface area contributed by atoms with E-state index in [4.69, 9.17) is 18.1 Å². The smallest absolute Gasteiger partial charge is 0.305 e. The molecular weight excluding hydrogens is 314 g/mol. The van der Waals surface area contributed by atoms with Crippen molar-refractivity contribution >= 4 is 15.2 Å². The zero-order valence-corrected chi connectivity index (χ0v) is 15.5. The lowest BCUT2D eigenvalue weighted by Crippen LogP contribution is -2.05. The van der Waals surface area contributed by atoms with Crippen LogP contribution in [0.5, 0.6) is 0 Å². The molecule has 0 saturated carbocycles. The fourth-order valence-electron chi connectivity index (χ4n) is 1.67. The molecule has 0 aromatic heterocycles. The molecule has 0 N–H and O–H groups in total. The molecule has 0 amide bonds. The third-order valence-corrected chi connectivity index (χ3v) is 7.72. The van der Waals surface area contributed by atoms with Gasteiger partial charge < -0.3 is 18.1 Å². The van der Waals surface area contributed by atoms with Crippen molar-refractivity contribution in [1.82, 2.24) is 0 Å². The molecule has 0 radical (unpaired) electrons. The first-order valence-electron chi connectivity index (χ1n) is 7.43. The quantitative estimate of drug-likeness (QED) is 0.456. The first-order chi connectivity index (χ1) is 9.94. The number of hydrogen-bond donors (Lipinski definition) is 0. The van der Waals surface area contributed by atoms with Gasteiger partial charge in [-0.25, -0.2) is 0 Å². The van der Waals surface area contributed by atoms with Crippen LogP contribution in [-0.4, -0.2) is 26.4 Å². The van der Waals surface area contributed by atoms with Gasteiger partial charge in [0.1, 0.15) is 5.06 Å². The highest BCUT2D eigenvalue weighted by atomic mass is 31.2. The zero-order valence-electron chi connectivity index (χ0n) is 13.7. The second kappa shape index (κ2) is 10.7. The molecule has 0 aliphatic heterocycles. The van der Waals surface area contributed by atoms with Crippen LogP contribution in [0.3, 0.4) is 0 Å². The maximum Gasteiger partial charge on any atom is 0.369 e. The van der Waals surface area contributed by atoms with Crippen molar-refractivity contribution in [3.05, 3.63) is 11.1 Å². The third-order valence-electron chi connectivity index (χ3n) is 2.37. The van der Waals surface area contributed by atoms with E-state index in [0.717, 1.165) is 6.42 Å². The van der Waals surface area contributed by atoms with Crippen LogP contribution in [0.1, 0.15) is 47.5 Å². The summed E-state index contributed by atoms with van der Waals surface area (Å²) in [5.74, 6) is 0. The summed E-state index contributed by atoms with van der Waals surface area (Å²) in [6, 6.07) is 0. The minimum atomic E-state index is -3.69. The van der Waals surface area contributed by atoms with Gasteiger partial charge in [0.05, 0.1) is 26.4 Å². The summed E-state index contributed by atoms with van der Waals surface area (Å²) in [7, 11) is -7.38. The molecule has 0 spiro atoms. The summed E-state index contributed by atoms with van der Waals surface area (Å²) in [6.45, 7) is 9.50. The predicted octanol–water partition coefficient (Wildman–Crippen LogP) is 5.16. The number of rotatable bonds is 12. The molecule has 0 fully saturated rings. The normalized spacial score (nSPS) is 12.4. The molecule has 8 heteroatoms. The fourth-order valence-corrected chi connectivity index (χ4v) is 6.30. The van der Waals surface area contributed by atoms with Gasteiger partial charge in [0.2, 0.25) is 0 Å². The van der Waals surface area contributed by atoms with Gasteiger partial charge in [0.15, 0.2) is 0 Å². The summed E-state index contributed by atoms with van der Waals surface area (Å²) in [5.41, 5.74) is 0. The topological polar surface area (TPSA) is 71.1 Å². The maximum absolute atomic E-state index is 13.0. The lowest BCUT2D eigenvalue weighted by molar-refractivity contribution is 0.214. The van der Waals surface area contributed by atoms with Crippen LogP contribution < -0.4 is 0 Å². The Morgan fingerprint density at radius 3 is 1.33 bits per heavy atom. The minimum Gasteiger partial charge on any atom is -0.305 e. The van der Waals surface area contributed by atoms with Gasteiger partial charge in [0, 0.05) is 0 Å². The molecule has 0 saturated heterocycles. The monoisotopic (exact) mass is 342 g/mol. The van der Waals surface area contributed by atoms with Crippen molar-refractivity contribution in [3.63, 3.8) is 0 Å². The Morgan fingerprint density at radius 2 is 1.10 bits per heavy atom. The van der Waals surface area contributed by atoms with Crippen LogP contribution in [-0.2, 0) is 27.2 Å². The second-order valence-corrected chi connectivity index (χ2v) is 8.36. The minimum absolute atomic E-state index is 0.0178. The highest BCUT2D eigenvalue weighted by Gasteiger charge is 2.44. The molecule has 0 aromatic carbocycles. The van der Waals surface area contributed by atoms with Crippen molar-refractivity contribution in [1.29, 1.82) is 0 Å². The molecular formula is C13H28O6P2. The van der Waals surface area contributed by atoms with E-state index in [1.807, 2.05) is 6.92 Å². The molecule has 0 aliphatic rings. The van der Waals surface area contributed by atoms with Gasteiger partial charge in [-0.15, -0.1) is 0 Å². The average molecular weight is 342 g/mol. The SMILES string of the molecule is CCCC=C(P(=O)(OCC)OCC)P(=O)(OCC)OCC. The average Bonchev–Trinajstić information content (AvgIpc) is 2.40. The number of hydrogen-bond acceptors (Lipinski definition) is 6. The van der Waals surface area contributed by atoms with Gasteiger partial charge in [0.25, 0.3) is 0 Å². The van der Waals surface area contributed by atoms with E-state index >= 15 is 0 Å². The Kier molecular flexibility index (Phi) is 10.7. The van der Waals surface area contributed by atoms with E-state index in [1.54, 1.807) is 33.8 Å². The standard InChI is InChI=1S/C13H28O6P2/c1-6-11-12-13(20(14,16-7-2)17-8-3)21(15,18-9-4)19-10-5/h12H,6-11H2,1-5H3. The van der Waals surface area contributed by atoms with Gasteiger partial charge in [-0.05, 0) is 34.1 Å². The summed E-state index contributed by atoms with van der Waals surface area (Å²) in [6.07, 6.45) is 3.00. The van der Waals surface area contributed by atoms with Gasteiger partial charge in [-0.3, -0.25) is 9.13 Å². The summed E-state index contributed by atoms with van der Waals surface area (Å²) in [5, 5.41) is 0.0178. The molecule has 0 aliphatic carbocycles. The Bertz CT molecular complexity index is 355. The molecule has 0 rings (SSSR count). The van der Waals surface area contributed by atoms with Crippen molar-refractivity contribution in [2.45, 2.75) is 47.5 Å². The number of allylic oxidation sites excluding steroid dienone is 1. The predicted molar refractivity (Wildman–Crippen MR) is 84.7 cm³/mol. The van der Waals surface area contributed by atoms with Crippen LogP contribution >= 0.6 is 15.2 Å². The largest absolute Gasteiger partial charge is 0.369 e. The molecule has 21 heavy (non-hydrogen) atoms. The van der Waals surface area contributed by atoms with Crippen molar-refractivity contribution in [2.75, 3.05) is 26.4 Å². The van der Waals surface area contributed by atoms with Gasteiger partial charge in [-0.1, -0.05) is 19.4 Å². The molecule has 0 bridgehead atoms. The third kappa shape index (κ3) is 6.35. The van der Waals surface area contributed by atoms with Crippen LogP contribution in [0.2, 0.25) is 0 Å². The van der Waals surface area contributed by atoms with Gasteiger partial charge >= 0.3 is 15.2 Å². The van der Waals surface area contributed by atoms with Crippen LogP contribution in [0, 0.1) is 0 Å². The van der Waals surface area contributed by atoms with Crippen molar-refractivity contribution in [3.8, 4) is 0 Å². The first kappa shape index (κ1) is 21.0. The van der Waals surface area contributed by atoms with Crippen molar-refractivity contribution < 1.29 is 27.2 Å². The van der Waals surface area contributed by atoms with Crippen LogP contribution in [0.4, 0.5) is 0 Å². The molecule has 0 aromatic rings. The van der Waals surface area contributed by atoms with Gasteiger partial charge in [-0.2, -0.15) is 0 Å². The second-order valence-electron chi connectivity index (χ2n) is 4.02. The lowest BCUT2D eigenvalue weighted by atomic mass is 10.3. The summed E-state index contributed by atoms with van der Waals surface area (Å²) >= 11 is 0. The van der Waals surface area contributed by atoms with E-state index in [-0.39, 0.29) is 31.5 Å². The number of unbranched alkanes of at least 4 members (excludes halogenated alkanes) is 1. The van der Waals surface area contributed by atoms with Crippen LogP contribution in [0.25, 0.3) is 0 Å². The highest BCUT2D eigenvalue weighted by molar-refractivity contribution is 7.78. The molecule has 0 unspecified atom stereocenters. The van der Waals surface area contributed by atoms with Crippen LogP contribution in [0.15, 0.2) is 11.1 Å². The lowest BCUT2D eigenvalue weighted by Gasteiger charge is -2.25. The highest BCUT2D eigenvalue weighted by Crippen LogP contribution is 2.73. The Hall–Kier alpha value is 0.0400. The molecule has 6 nitrogen and oxygen atoms in total. The van der Waals surface area contributed by atoms with E-state index in [0.29, 0.717) is 6.42 Å². The van der Waals surface area contributed by atoms with E-state index < -0.39 is 15.2 Å². The molecule has 126 valence electrons. The molecule has 0 heterocycles. The van der Waals surface area contributed by atoms with E-state index in [1.165, 1.54) is 0 Å².